The SMILES string of the molecule is CCNc1cc(N(CC(N)=O)CC(N)=O)nc(CC)n1. The minimum atomic E-state index is -0.562. The monoisotopic (exact) mass is 280 g/mol. The van der Waals surface area contributed by atoms with Crippen molar-refractivity contribution >= 4 is 23.5 Å². The van der Waals surface area contributed by atoms with Crippen molar-refractivity contribution in [2.75, 3.05) is 29.9 Å². The van der Waals surface area contributed by atoms with Crippen LogP contribution in [0.2, 0.25) is 0 Å². The summed E-state index contributed by atoms with van der Waals surface area (Å²) in [5.41, 5.74) is 10.4. The van der Waals surface area contributed by atoms with Crippen molar-refractivity contribution in [3.63, 3.8) is 0 Å². The largest absolute Gasteiger partial charge is 0.370 e. The smallest absolute Gasteiger partial charge is 0.237 e. The molecule has 5 N–H and O–H groups in total. The van der Waals surface area contributed by atoms with Gasteiger partial charge in [-0.15, -0.1) is 0 Å². The van der Waals surface area contributed by atoms with E-state index >= 15 is 0 Å². The van der Waals surface area contributed by atoms with Crippen LogP contribution in [0.25, 0.3) is 0 Å². The van der Waals surface area contributed by atoms with Crippen molar-refractivity contribution in [3.05, 3.63) is 11.9 Å². The van der Waals surface area contributed by atoms with Crippen LogP contribution in [0.1, 0.15) is 19.7 Å². The maximum absolute atomic E-state index is 11.1. The van der Waals surface area contributed by atoms with Crippen LogP contribution < -0.4 is 21.7 Å². The van der Waals surface area contributed by atoms with Crippen LogP contribution in [-0.4, -0.2) is 41.4 Å². The minimum absolute atomic E-state index is 0.130. The summed E-state index contributed by atoms with van der Waals surface area (Å²) in [6.45, 7) is 4.30. The van der Waals surface area contributed by atoms with Crippen molar-refractivity contribution < 1.29 is 9.59 Å². The van der Waals surface area contributed by atoms with Crippen LogP contribution >= 0.6 is 0 Å². The number of nitrogens with zero attached hydrogens (tertiary/aromatic N) is 3. The first kappa shape index (κ1) is 15.7. The lowest BCUT2D eigenvalue weighted by molar-refractivity contribution is -0.117. The van der Waals surface area contributed by atoms with Gasteiger partial charge in [-0.3, -0.25) is 9.59 Å². The minimum Gasteiger partial charge on any atom is -0.370 e. The zero-order valence-electron chi connectivity index (χ0n) is 11.7. The van der Waals surface area contributed by atoms with Crippen molar-refractivity contribution in [3.8, 4) is 0 Å². The van der Waals surface area contributed by atoms with Gasteiger partial charge in [-0.2, -0.15) is 0 Å². The molecule has 8 nitrogen and oxygen atoms in total. The molecule has 1 rings (SSSR count). The fourth-order valence-electron chi connectivity index (χ4n) is 1.67. The van der Waals surface area contributed by atoms with Crippen LogP contribution in [0, 0.1) is 0 Å². The molecule has 20 heavy (non-hydrogen) atoms. The molecule has 1 aromatic heterocycles. The lowest BCUT2D eigenvalue weighted by atomic mass is 10.3. The summed E-state index contributed by atoms with van der Waals surface area (Å²) in [6.07, 6.45) is 0.632. The number of aryl methyl sites for hydroxylation is 1. The third-order valence-corrected chi connectivity index (χ3v) is 2.45. The first-order chi connectivity index (χ1) is 9.46. The molecule has 110 valence electrons. The van der Waals surface area contributed by atoms with Gasteiger partial charge >= 0.3 is 0 Å². The fraction of sp³-hybridized carbons (Fsp3) is 0.500. The Morgan fingerprint density at radius 3 is 2.25 bits per heavy atom. The van der Waals surface area contributed by atoms with Gasteiger partial charge in [0.25, 0.3) is 0 Å². The van der Waals surface area contributed by atoms with Gasteiger partial charge in [0, 0.05) is 19.0 Å². The second-order valence-corrected chi connectivity index (χ2v) is 4.20. The van der Waals surface area contributed by atoms with E-state index in [-0.39, 0.29) is 13.1 Å². The van der Waals surface area contributed by atoms with E-state index in [2.05, 4.69) is 15.3 Å². The van der Waals surface area contributed by atoms with E-state index in [0.717, 1.165) is 0 Å². The van der Waals surface area contributed by atoms with Gasteiger partial charge in [0.15, 0.2) is 0 Å². The van der Waals surface area contributed by atoms with Crippen molar-refractivity contribution in [2.45, 2.75) is 20.3 Å². The van der Waals surface area contributed by atoms with E-state index < -0.39 is 11.8 Å². The number of primary amides is 2. The summed E-state index contributed by atoms with van der Waals surface area (Å²) in [6, 6.07) is 1.66. The predicted molar refractivity (Wildman–Crippen MR) is 76.2 cm³/mol. The molecule has 2 amide bonds. The average Bonchev–Trinajstić information content (AvgIpc) is 2.37. The quantitative estimate of drug-likeness (QED) is 0.575. The normalized spacial score (nSPS) is 10.1. The van der Waals surface area contributed by atoms with Gasteiger partial charge in [-0.25, -0.2) is 9.97 Å². The Labute approximate surface area is 117 Å². The second kappa shape index (κ2) is 7.27. The van der Waals surface area contributed by atoms with E-state index in [0.29, 0.717) is 30.4 Å². The van der Waals surface area contributed by atoms with Gasteiger partial charge in [-0.1, -0.05) is 6.92 Å². The summed E-state index contributed by atoms with van der Waals surface area (Å²) >= 11 is 0. The average molecular weight is 280 g/mol. The highest BCUT2D eigenvalue weighted by molar-refractivity contribution is 5.84. The van der Waals surface area contributed by atoms with Crippen LogP contribution in [0.4, 0.5) is 11.6 Å². The Kier molecular flexibility index (Phi) is 5.70. The Morgan fingerprint density at radius 2 is 1.80 bits per heavy atom. The number of anilines is 2. The number of nitrogens with one attached hydrogen (secondary N) is 1. The molecule has 1 heterocycles. The standard InChI is InChI=1S/C12H20N6O2/c1-3-10-16-11(15-4-2)5-12(17-10)18(6-8(13)19)7-9(14)20/h5H,3-4,6-7H2,1-2H3,(H2,13,19)(H2,14,20)(H,15,16,17). The molecule has 0 aliphatic heterocycles. The summed E-state index contributed by atoms with van der Waals surface area (Å²) in [4.78, 5) is 32.2. The number of hydrogen-bond donors (Lipinski definition) is 3. The predicted octanol–water partition coefficient (Wildman–Crippen LogP) is -0.752. The maximum atomic E-state index is 11.1. The highest BCUT2D eigenvalue weighted by Gasteiger charge is 2.15. The van der Waals surface area contributed by atoms with Crippen molar-refractivity contribution in [1.82, 2.24) is 9.97 Å². The molecule has 0 bridgehead atoms. The Bertz CT molecular complexity index is 475. The van der Waals surface area contributed by atoms with E-state index in [1.54, 1.807) is 6.07 Å². The summed E-state index contributed by atoms with van der Waals surface area (Å²) in [5.74, 6) is 0.567. The molecule has 0 saturated heterocycles. The first-order valence-corrected chi connectivity index (χ1v) is 6.39. The molecule has 0 aliphatic rings. The molecule has 0 spiro atoms. The highest BCUT2D eigenvalue weighted by atomic mass is 16.2. The number of aromatic nitrogens is 2. The maximum Gasteiger partial charge on any atom is 0.237 e. The third-order valence-electron chi connectivity index (χ3n) is 2.45. The van der Waals surface area contributed by atoms with Crippen LogP contribution in [0.3, 0.4) is 0 Å². The number of rotatable bonds is 8. The number of carbonyl (C=O) groups is 2. The van der Waals surface area contributed by atoms with Gasteiger partial charge in [0.05, 0.1) is 13.1 Å². The number of carbonyl (C=O) groups excluding carboxylic acids is 2. The Balaban J connectivity index is 3.12. The Morgan fingerprint density at radius 1 is 1.20 bits per heavy atom. The summed E-state index contributed by atoms with van der Waals surface area (Å²) in [7, 11) is 0. The highest BCUT2D eigenvalue weighted by Crippen LogP contribution is 2.16. The third kappa shape index (κ3) is 4.71. The topological polar surface area (TPSA) is 127 Å². The summed E-state index contributed by atoms with van der Waals surface area (Å²) in [5, 5.41) is 3.07. The van der Waals surface area contributed by atoms with E-state index in [9.17, 15) is 9.59 Å². The van der Waals surface area contributed by atoms with E-state index in [1.807, 2.05) is 13.8 Å². The molecule has 8 heteroatoms. The molecule has 0 aliphatic carbocycles. The molecule has 0 saturated carbocycles. The molecule has 0 unspecified atom stereocenters. The molecule has 0 fully saturated rings. The second-order valence-electron chi connectivity index (χ2n) is 4.20. The number of amides is 2. The Hall–Kier alpha value is -2.38. The van der Waals surface area contributed by atoms with Crippen LogP contribution in [0.15, 0.2) is 6.07 Å². The molecule has 0 atom stereocenters. The van der Waals surface area contributed by atoms with Gasteiger partial charge in [-0.05, 0) is 6.92 Å². The van der Waals surface area contributed by atoms with Gasteiger partial charge in [0.1, 0.15) is 17.5 Å². The van der Waals surface area contributed by atoms with Crippen molar-refractivity contribution in [1.29, 1.82) is 0 Å². The number of hydrogen-bond acceptors (Lipinski definition) is 6. The van der Waals surface area contributed by atoms with E-state index in [1.165, 1.54) is 4.90 Å². The lowest BCUT2D eigenvalue weighted by Gasteiger charge is -2.21. The zero-order chi connectivity index (χ0) is 15.1. The van der Waals surface area contributed by atoms with Crippen molar-refractivity contribution in [2.24, 2.45) is 11.5 Å². The molecule has 1 aromatic rings. The van der Waals surface area contributed by atoms with E-state index in [4.69, 9.17) is 11.5 Å². The molecule has 0 aromatic carbocycles. The van der Waals surface area contributed by atoms with Gasteiger partial charge in [0.2, 0.25) is 11.8 Å². The molecule has 0 radical (unpaired) electrons. The lowest BCUT2D eigenvalue weighted by Crippen LogP contribution is -2.40. The van der Waals surface area contributed by atoms with Crippen LogP contribution in [-0.2, 0) is 16.0 Å². The molecular formula is C12H20N6O2. The zero-order valence-corrected chi connectivity index (χ0v) is 11.7. The fourth-order valence-corrected chi connectivity index (χ4v) is 1.67. The van der Waals surface area contributed by atoms with Crippen LogP contribution in [0.5, 0.6) is 0 Å². The number of nitrogens with two attached hydrogens (primary N) is 2. The first-order valence-electron chi connectivity index (χ1n) is 6.39. The van der Waals surface area contributed by atoms with Gasteiger partial charge < -0.3 is 21.7 Å². The molecular weight excluding hydrogens is 260 g/mol. The summed E-state index contributed by atoms with van der Waals surface area (Å²) < 4.78 is 0.